The van der Waals surface area contributed by atoms with Gasteiger partial charge in [-0.15, -0.1) is 0 Å². The fraction of sp³-hybridized carbons (Fsp3) is 0.286. The highest BCUT2D eigenvalue weighted by Crippen LogP contribution is 2.26. The van der Waals surface area contributed by atoms with E-state index in [1.807, 2.05) is 73.7 Å². The molecule has 1 heterocycles. The smallest absolute Gasteiger partial charge is 0.354 e. The lowest BCUT2D eigenvalue weighted by molar-refractivity contribution is -0.655. The number of hydrogen-bond donors (Lipinski definition) is 4. The average molecular weight is 435 g/mol. The largest absolute Gasteiger partial charge is 0.495 e. The predicted octanol–water partition coefficient (Wildman–Crippen LogP) is 2.59. The summed E-state index contributed by atoms with van der Waals surface area (Å²) in [5.41, 5.74) is 26.3. The van der Waals surface area contributed by atoms with Crippen LogP contribution in [0.25, 0.3) is 0 Å². The van der Waals surface area contributed by atoms with Crippen LogP contribution in [-0.4, -0.2) is 25.8 Å². The van der Waals surface area contributed by atoms with Crippen molar-refractivity contribution in [2.45, 2.75) is 6.92 Å². The Morgan fingerprint density at radius 1 is 1.03 bits per heavy atom. The Balaban J connectivity index is 0.000000228. The van der Waals surface area contributed by atoms with Crippen molar-refractivity contribution in [3.63, 3.8) is 0 Å². The van der Waals surface area contributed by atoms with Crippen LogP contribution < -0.4 is 37.1 Å². The van der Waals surface area contributed by atoms with Gasteiger partial charge >= 0.3 is 5.95 Å². The third-order valence-corrected chi connectivity index (χ3v) is 4.61. The van der Waals surface area contributed by atoms with Gasteiger partial charge in [0, 0.05) is 31.5 Å². The van der Waals surface area contributed by atoms with Gasteiger partial charge in [0.25, 0.3) is 0 Å². The van der Waals surface area contributed by atoms with Gasteiger partial charge in [-0.3, -0.25) is 5.73 Å². The summed E-state index contributed by atoms with van der Waals surface area (Å²) in [4.78, 5) is 1.95. The van der Waals surface area contributed by atoms with Crippen LogP contribution in [0.5, 0.6) is 5.75 Å². The topological polar surface area (TPSA) is 125 Å². The van der Waals surface area contributed by atoms with E-state index in [9.17, 15) is 0 Å². The molecule has 0 unspecified atom stereocenters. The SMILES string of the molecule is CN(C)c1ccc(N)cc1Cl.COc1cc(N)c(C)cc1N.Cn1cc[n+](C)c1N. The van der Waals surface area contributed by atoms with Gasteiger partial charge in [0.15, 0.2) is 0 Å². The number of imidazole rings is 1. The molecule has 0 atom stereocenters. The lowest BCUT2D eigenvalue weighted by Crippen LogP contribution is -2.29. The van der Waals surface area contributed by atoms with Crippen molar-refractivity contribution in [2.24, 2.45) is 14.1 Å². The predicted molar refractivity (Wildman–Crippen MR) is 128 cm³/mol. The quantitative estimate of drug-likeness (QED) is 0.363. The highest BCUT2D eigenvalue weighted by atomic mass is 35.5. The zero-order valence-electron chi connectivity index (χ0n) is 18.5. The lowest BCUT2D eigenvalue weighted by atomic mass is 10.2. The van der Waals surface area contributed by atoms with Crippen LogP contribution in [0.3, 0.4) is 0 Å². The number of anilines is 5. The Bertz CT molecular complexity index is 951. The molecule has 1 aromatic heterocycles. The molecule has 0 bridgehead atoms. The minimum atomic E-state index is 0.624. The molecule has 2 aromatic carbocycles. The van der Waals surface area contributed by atoms with Gasteiger partial charge in [0.1, 0.15) is 5.75 Å². The number of aromatic nitrogens is 2. The molecule has 0 fully saturated rings. The maximum Gasteiger partial charge on any atom is 0.354 e. The first-order valence-electron chi connectivity index (χ1n) is 9.16. The standard InChI is InChI=1S/C8H11ClN2.C8H12N2O.C5H9N3/c1-11(2)8-4-3-6(10)5-7(8)9;1-5-3-7(10)8(11-2)4-6(5)9;1-7-3-4-8(2)5(7)6/h3-5H,10H2,1-2H3;3-4H,9-10H2,1-2H3;3-4,6H,1-2H3/p+1. The molecule has 0 amide bonds. The summed E-state index contributed by atoms with van der Waals surface area (Å²) in [6, 6.07) is 9.01. The van der Waals surface area contributed by atoms with Crippen molar-refractivity contribution in [1.29, 1.82) is 0 Å². The third kappa shape index (κ3) is 6.97. The van der Waals surface area contributed by atoms with Crippen LogP contribution in [0.15, 0.2) is 42.7 Å². The first-order chi connectivity index (χ1) is 14.0. The third-order valence-electron chi connectivity index (χ3n) is 4.31. The molecule has 0 radical (unpaired) electrons. The number of hydrogen-bond acceptors (Lipinski definition) is 6. The van der Waals surface area contributed by atoms with E-state index >= 15 is 0 Å². The summed E-state index contributed by atoms with van der Waals surface area (Å²) in [6.07, 6.45) is 3.82. The molecule has 8 nitrogen and oxygen atoms in total. The number of benzene rings is 2. The number of rotatable bonds is 2. The van der Waals surface area contributed by atoms with Gasteiger partial charge in [-0.25, -0.2) is 9.13 Å². The highest BCUT2D eigenvalue weighted by molar-refractivity contribution is 6.33. The van der Waals surface area contributed by atoms with E-state index in [1.54, 1.807) is 25.3 Å². The molecule has 0 aliphatic rings. The second kappa shape index (κ2) is 11.1. The fourth-order valence-electron chi connectivity index (χ4n) is 2.39. The van der Waals surface area contributed by atoms with Crippen LogP contribution in [0.1, 0.15) is 5.56 Å². The molecular weight excluding hydrogens is 402 g/mol. The Morgan fingerprint density at radius 3 is 2.07 bits per heavy atom. The van der Waals surface area contributed by atoms with Crippen molar-refractivity contribution >= 4 is 40.3 Å². The second-order valence-electron chi connectivity index (χ2n) is 6.93. The van der Waals surface area contributed by atoms with E-state index in [1.165, 1.54) is 0 Å². The minimum absolute atomic E-state index is 0.624. The molecule has 0 saturated heterocycles. The van der Waals surface area contributed by atoms with Crippen molar-refractivity contribution < 1.29 is 9.30 Å². The Kier molecular flexibility index (Phi) is 9.14. The van der Waals surface area contributed by atoms with Gasteiger partial charge in [-0.1, -0.05) is 11.6 Å². The zero-order chi connectivity index (χ0) is 23.0. The number of halogens is 1. The summed E-state index contributed by atoms with van der Waals surface area (Å²) in [5.74, 6) is 1.40. The minimum Gasteiger partial charge on any atom is -0.495 e. The van der Waals surface area contributed by atoms with Gasteiger partial charge < -0.3 is 26.8 Å². The van der Waals surface area contributed by atoms with Crippen LogP contribution in [-0.2, 0) is 14.1 Å². The summed E-state index contributed by atoms with van der Waals surface area (Å²) in [5, 5.41) is 0.690. The van der Waals surface area contributed by atoms with Crippen molar-refractivity contribution in [3.8, 4) is 5.75 Å². The summed E-state index contributed by atoms with van der Waals surface area (Å²) >= 11 is 5.90. The fourth-order valence-corrected chi connectivity index (χ4v) is 2.75. The summed E-state index contributed by atoms with van der Waals surface area (Å²) in [6.45, 7) is 1.91. The lowest BCUT2D eigenvalue weighted by Gasteiger charge is -2.13. The van der Waals surface area contributed by atoms with Crippen molar-refractivity contribution in [3.05, 3.63) is 53.3 Å². The molecular formula is C21H33ClN7O+. The van der Waals surface area contributed by atoms with Crippen LogP contribution in [0, 0.1) is 6.92 Å². The molecule has 3 aromatic rings. The van der Waals surface area contributed by atoms with Gasteiger partial charge in [-0.2, -0.15) is 0 Å². The van der Waals surface area contributed by atoms with Crippen molar-refractivity contribution in [2.75, 3.05) is 49.0 Å². The van der Waals surface area contributed by atoms with Crippen LogP contribution in [0.2, 0.25) is 5.02 Å². The molecule has 0 aliphatic heterocycles. The first kappa shape index (κ1) is 24.8. The van der Waals surface area contributed by atoms with E-state index in [2.05, 4.69) is 0 Å². The van der Waals surface area contributed by atoms with E-state index in [4.69, 9.17) is 39.3 Å². The van der Waals surface area contributed by atoms with E-state index in [-0.39, 0.29) is 0 Å². The molecule has 3 rings (SSSR count). The number of nitrogens with two attached hydrogens (primary N) is 4. The number of nitrogens with zero attached hydrogens (tertiary/aromatic N) is 3. The highest BCUT2D eigenvalue weighted by Gasteiger charge is 2.02. The summed E-state index contributed by atoms with van der Waals surface area (Å²) in [7, 11) is 9.28. The molecule has 9 heteroatoms. The Labute approximate surface area is 183 Å². The van der Waals surface area contributed by atoms with Gasteiger partial charge in [0.05, 0.1) is 50.0 Å². The van der Waals surface area contributed by atoms with Gasteiger partial charge in [0.2, 0.25) is 0 Å². The molecule has 0 aliphatic carbocycles. The molecule has 8 N–H and O–H groups in total. The van der Waals surface area contributed by atoms with Crippen LogP contribution in [0.4, 0.5) is 28.7 Å². The molecule has 0 saturated carbocycles. The molecule has 0 spiro atoms. The summed E-state index contributed by atoms with van der Waals surface area (Å²) < 4.78 is 8.70. The number of methoxy groups -OCH3 is 1. The average Bonchev–Trinajstić information content (AvgIpc) is 2.96. The molecule has 164 valence electrons. The van der Waals surface area contributed by atoms with E-state index in [0.717, 1.165) is 17.2 Å². The van der Waals surface area contributed by atoms with Gasteiger partial charge in [-0.05, 0) is 36.8 Å². The Hall–Kier alpha value is -3.26. The monoisotopic (exact) mass is 434 g/mol. The second-order valence-corrected chi connectivity index (χ2v) is 7.34. The van der Waals surface area contributed by atoms with E-state index < -0.39 is 0 Å². The van der Waals surface area contributed by atoms with Crippen molar-refractivity contribution in [1.82, 2.24) is 4.57 Å². The maximum atomic E-state index is 5.90. The Morgan fingerprint density at radius 2 is 1.67 bits per heavy atom. The van der Waals surface area contributed by atoms with Crippen LogP contribution >= 0.6 is 11.6 Å². The first-order valence-corrected chi connectivity index (χ1v) is 9.54. The molecule has 30 heavy (non-hydrogen) atoms. The van der Waals surface area contributed by atoms with E-state index in [0.29, 0.717) is 27.8 Å². The normalized spacial score (nSPS) is 9.70. The number of nitrogen functional groups attached to an aromatic ring is 4. The number of aryl methyl sites for hydroxylation is 3. The zero-order valence-corrected chi connectivity index (χ0v) is 19.2. The maximum absolute atomic E-state index is 5.90. The number of ether oxygens (including phenoxy) is 1.